The van der Waals surface area contributed by atoms with Gasteiger partial charge >= 0.3 is 0 Å². The standard InChI is InChI=1S/C2H9BN2/c1-4-5(2)3/h4H,3H2,1-2H3. The molecule has 0 saturated heterocycles. The van der Waals surface area contributed by atoms with E-state index in [0.717, 1.165) is 0 Å². The van der Waals surface area contributed by atoms with Gasteiger partial charge in [0.15, 0.2) is 0 Å². The van der Waals surface area contributed by atoms with Crippen LogP contribution in [0.5, 0.6) is 0 Å². The van der Waals surface area contributed by atoms with Crippen molar-refractivity contribution in [2.24, 2.45) is 0 Å². The Bertz CT molecular complexity index is 21.6. The lowest BCUT2D eigenvalue weighted by Gasteiger charge is -2.03. The molecule has 0 rings (SSSR count). The first-order valence-electron chi connectivity index (χ1n) is 1.62. The summed E-state index contributed by atoms with van der Waals surface area (Å²) in [7, 11) is 5.76. The molecule has 5 heavy (non-hydrogen) atoms. The summed E-state index contributed by atoms with van der Waals surface area (Å²) in [6.07, 6.45) is 0. The first-order chi connectivity index (χ1) is 2.27. The van der Waals surface area contributed by atoms with Crippen molar-refractivity contribution < 1.29 is 0 Å². The highest BCUT2D eigenvalue weighted by atomic mass is 15.4. The van der Waals surface area contributed by atoms with Crippen LogP contribution in [0, 0.1) is 0 Å². The molecule has 0 aliphatic rings. The van der Waals surface area contributed by atoms with Gasteiger partial charge in [0.05, 0.1) is 0 Å². The quantitative estimate of drug-likeness (QED) is 0.302. The maximum Gasteiger partial charge on any atom is 0.205 e. The highest BCUT2D eigenvalue weighted by Crippen LogP contribution is 1.46. The predicted molar refractivity (Wildman–Crippen MR) is 25.4 cm³/mol. The lowest BCUT2D eigenvalue weighted by molar-refractivity contribution is 0.446. The largest absolute Gasteiger partial charge is 0.296 e. The maximum absolute atomic E-state index is 2.86. The third kappa shape index (κ3) is 3.98. The average molecular weight is 71.9 g/mol. The summed E-state index contributed by atoms with van der Waals surface area (Å²) in [6, 6.07) is 0. The highest BCUT2D eigenvalue weighted by Gasteiger charge is 1.69. The molecule has 0 aliphatic carbocycles. The van der Waals surface area contributed by atoms with Gasteiger partial charge in [-0.1, -0.05) is 0 Å². The lowest BCUT2D eigenvalue weighted by atomic mass is 10.4. The second-order valence-corrected chi connectivity index (χ2v) is 1.12. The molecule has 0 fully saturated rings. The fourth-order valence-corrected chi connectivity index (χ4v) is 0. The molecule has 0 radical (unpaired) electrons. The fourth-order valence-electron chi connectivity index (χ4n) is 0. The smallest absolute Gasteiger partial charge is 0.205 e. The summed E-state index contributed by atoms with van der Waals surface area (Å²) in [5, 5.41) is 0. The van der Waals surface area contributed by atoms with Crippen LogP contribution in [0.3, 0.4) is 0 Å². The predicted octanol–water partition coefficient (Wildman–Crippen LogP) is -1.40. The zero-order valence-electron chi connectivity index (χ0n) is 3.95. The average Bonchev–Trinajstić information content (AvgIpc) is 1.38. The molecular weight excluding hydrogens is 62.8 g/mol. The van der Waals surface area contributed by atoms with Crippen molar-refractivity contribution in [3.8, 4) is 0 Å². The van der Waals surface area contributed by atoms with E-state index in [1.165, 1.54) is 0 Å². The number of hydrogen-bond acceptors (Lipinski definition) is 2. The Labute approximate surface area is 33.6 Å². The number of hydrazine groups is 1. The topological polar surface area (TPSA) is 15.3 Å². The summed E-state index contributed by atoms with van der Waals surface area (Å²) in [4.78, 5) is 1.88. The Morgan fingerprint density at radius 3 is 2.00 bits per heavy atom. The van der Waals surface area contributed by atoms with E-state index in [2.05, 4.69) is 5.43 Å². The number of nitrogens with one attached hydrogen (secondary N) is 1. The fraction of sp³-hybridized carbons (Fsp3) is 1.00. The van der Waals surface area contributed by atoms with Gasteiger partial charge in [0.1, 0.15) is 0 Å². The summed E-state index contributed by atoms with van der Waals surface area (Å²) in [5.41, 5.74) is 2.86. The molecule has 3 heteroatoms. The molecule has 0 amide bonds. The van der Waals surface area contributed by atoms with Crippen LogP contribution in [0.4, 0.5) is 0 Å². The van der Waals surface area contributed by atoms with Gasteiger partial charge in [-0.05, 0) is 14.1 Å². The highest BCUT2D eigenvalue weighted by molar-refractivity contribution is 6.03. The minimum atomic E-state index is 1.88. The molecule has 30 valence electrons. The molecule has 0 heterocycles. The molecule has 1 N–H and O–H groups in total. The van der Waals surface area contributed by atoms with Gasteiger partial charge in [-0.15, -0.1) is 0 Å². The van der Waals surface area contributed by atoms with Crippen LogP contribution in [-0.4, -0.2) is 27.0 Å². The van der Waals surface area contributed by atoms with Gasteiger partial charge in [-0.3, -0.25) is 10.3 Å². The normalized spacial score (nSPS) is 9.40. The molecule has 0 aromatic heterocycles. The second kappa shape index (κ2) is 2.24. The number of hydrogen-bond donors (Lipinski definition) is 1. The molecule has 0 saturated carbocycles. The van der Waals surface area contributed by atoms with E-state index in [1.54, 1.807) is 0 Å². The first kappa shape index (κ1) is 4.98. The molecule has 0 aliphatic heterocycles. The van der Waals surface area contributed by atoms with E-state index >= 15 is 0 Å². The SMILES string of the molecule is BN(C)NC. The van der Waals surface area contributed by atoms with Crippen LogP contribution in [0.2, 0.25) is 0 Å². The minimum Gasteiger partial charge on any atom is -0.296 e. The van der Waals surface area contributed by atoms with Crippen LogP contribution in [0.25, 0.3) is 0 Å². The monoisotopic (exact) mass is 72.1 g/mol. The van der Waals surface area contributed by atoms with Crippen molar-refractivity contribution in [3.05, 3.63) is 0 Å². The lowest BCUT2D eigenvalue weighted by Crippen LogP contribution is -2.27. The molecular formula is C2H9BN2. The van der Waals surface area contributed by atoms with Gasteiger partial charge in [0.25, 0.3) is 0 Å². The Kier molecular flexibility index (Phi) is 2.23. The number of rotatable bonds is 1. The van der Waals surface area contributed by atoms with Crippen molar-refractivity contribution in [2.75, 3.05) is 14.1 Å². The molecule has 2 nitrogen and oxygen atoms in total. The van der Waals surface area contributed by atoms with E-state index < -0.39 is 0 Å². The Morgan fingerprint density at radius 1 is 1.80 bits per heavy atom. The molecule has 0 bridgehead atoms. The van der Waals surface area contributed by atoms with Crippen molar-refractivity contribution in [3.63, 3.8) is 0 Å². The second-order valence-electron chi connectivity index (χ2n) is 1.12. The van der Waals surface area contributed by atoms with Gasteiger partial charge in [0, 0.05) is 0 Å². The van der Waals surface area contributed by atoms with Crippen LogP contribution in [0.1, 0.15) is 0 Å². The minimum absolute atomic E-state index is 1.88. The zero-order chi connectivity index (χ0) is 4.28. The van der Waals surface area contributed by atoms with Gasteiger partial charge in [-0.2, -0.15) is 0 Å². The van der Waals surface area contributed by atoms with Crippen LogP contribution >= 0.6 is 0 Å². The molecule has 0 unspecified atom stereocenters. The summed E-state index contributed by atoms with van der Waals surface area (Å²) in [5.74, 6) is 0. The summed E-state index contributed by atoms with van der Waals surface area (Å²) in [6.45, 7) is 0. The summed E-state index contributed by atoms with van der Waals surface area (Å²) < 4.78 is 0. The Morgan fingerprint density at radius 2 is 2.00 bits per heavy atom. The van der Waals surface area contributed by atoms with Crippen LogP contribution in [0.15, 0.2) is 0 Å². The van der Waals surface area contributed by atoms with Crippen molar-refractivity contribution >= 4 is 7.98 Å². The van der Waals surface area contributed by atoms with E-state index in [4.69, 9.17) is 0 Å². The first-order valence-corrected chi connectivity index (χ1v) is 1.62. The Balaban J connectivity index is 2.54. The zero-order valence-corrected chi connectivity index (χ0v) is 3.95. The van der Waals surface area contributed by atoms with E-state index in [-0.39, 0.29) is 0 Å². The van der Waals surface area contributed by atoms with Gasteiger partial charge < -0.3 is 0 Å². The van der Waals surface area contributed by atoms with E-state index in [9.17, 15) is 0 Å². The summed E-state index contributed by atoms with van der Waals surface area (Å²) >= 11 is 0. The molecule has 0 spiro atoms. The van der Waals surface area contributed by atoms with Crippen molar-refractivity contribution in [1.82, 2.24) is 10.3 Å². The van der Waals surface area contributed by atoms with Crippen LogP contribution < -0.4 is 5.43 Å². The van der Waals surface area contributed by atoms with Crippen molar-refractivity contribution in [1.29, 1.82) is 0 Å². The third-order valence-electron chi connectivity index (χ3n) is 0.447. The van der Waals surface area contributed by atoms with E-state index in [0.29, 0.717) is 0 Å². The number of nitrogens with zero attached hydrogens (tertiary/aromatic N) is 1. The van der Waals surface area contributed by atoms with Crippen molar-refractivity contribution in [2.45, 2.75) is 0 Å². The molecule has 0 atom stereocenters. The van der Waals surface area contributed by atoms with Gasteiger partial charge in [0.2, 0.25) is 7.98 Å². The van der Waals surface area contributed by atoms with Gasteiger partial charge in [-0.25, -0.2) is 0 Å². The Hall–Kier alpha value is -0.0151. The van der Waals surface area contributed by atoms with Crippen LogP contribution in [-0.2, 0) is 0 Å². The maximum atomic E-state index is 2.86. The molecule has 0 aromatic rings. The van der Waals surface area contributed by atoms with E-state index in [1.807, 2.05) is 27.0 Å². The molecule has 0 aromatic carbocycles. The third-order valence-corrected chi connectivity index (χ3v) is 0.447.